The highest BCUT2D eigenvalue weighted by molar-refractivity contribution is 5.96. The van der Waals surface area contributed by atoms with E-state index in [-0.39, 0.29) is 17.6 Å². The number of rotatable bonds is 4. The van der Waals surface area contributed by atoms with Crippen LogP contribution in [0.15, 0.2) is 52.9 Å². The van der Waals surface area contributed by atoms with Crippen LogP contribution in [0.5, 0.6) is 0 Å². The van der Waals surface area contributed by atoms with E-state index in [1.165, 1.54) is 17.0 Å². The first kappa shape index (κ1) is 16.7. The minimum absolute atomic E-state index is 0.0596. The fourth-order valence-corrected chi connectivity index (χ4v) is 2.82. The van der Waals surface area contributed by atoms with Crippen LogP contribution in [-0.4, -0.2) is 22.8 Å². The molecule has 0 spiro atoms. The Morgan fingerprint density at radius 3 is 2.60 bits per heavy atom. The number of fused-ring (bicyclic) bond motifs is 1. The fourth-order valence-electron chi connectivity index (χ4n) is 2.82. The van der Waals surface area contributed by atoms with Crippen LogP contribution < -0.4 is 0 Å². The Hall–Kier alpha value is -3.15. The average Bonchev–Trinajstić information content (AvgIpc) is 3.04. The number of nitro benzene ring substituents is 1. The summed E-state index contributed by atoms with van der Waals surface area (Å²) in [4.78, 5) is 25.0. The molecular weight excluding hydrogens is 320 g/mol. The first-order chi connectivity index (χ1) is 11.9. The van der Waals surface area contributed by atoms with Crippen molar-refractivity contribution in [3.63, 3.8) is 0 Å². The normalized spacial score (nSPS) is 12.1. The minimum Gasteiger partial charge on any atom is -0.459 e. The highest BCUT2D eigenvalue weighted by Crippen LogP contribution is 2.29. The third kappa shape index (κ3) is 2.98. The third-order valence-corrected chi connectivity index (χ3v) is 4.49. The zero-order chi connectivity index (χ0) is 18.1. The first-order valence-corrected chi connectivity index (χ1v) is 7.89. The molecule has 1 heterocycles. The van der Waals surface area contributed by atoms with E-state index in [1.807, 2.05) is 37.3 Å². The van der Waals surface area contributed by atoms with Crippen molar-refractivity contribution in [1.29, 1.82) is 0 Å². The summed E-state index contributed by atoms with van der Waals surface area (Å²) < 4.78 is 5.83. The topological polar surface area (TPSA) is 76.6 Å². The Balaban J connectivity index is 1.92. The van der Waals surface area contributed by atoms with Gasteiger partial charge in [0.15, 0.2) is 0 Å². The standard InChI is InChI=1S/C19H18N2O4/c1-12-15(8-6-9-16(12)21(23)24)19(22)20(3)13(2)18-11-14-7-4-5-10-17(14)25-18/h4-11,13H,1-3H3/t13-/m0/s1. The highest BCUT2D eigenvalue weighted by Gasteiger charge is 2.25. The zero-order valence-electron chi connectivity index (χ0n) is 14.2. The molecular formula is C19H18N2O4. The number of carbonyl (C=O) groups is 1. The maximum Gasteiger partial charge on any atom is 0.273 e. The van der Waals surface area contributed by atoms with Crippen molar-refractivity contribution in [2.24, 2.45) is 0 Å². The Labute approximate surface area is 144 Å². The third-order valence-electron chi connectivity index (χ3n) is 4.49. The average molecular weight is 338 g/mol. The Kier molecular flexibility index (Phi) is 4.27. The van der Waals surface area contributed by atoms with Gasteiger partial charge in [0.1, 0.15) is 11.3 Å². The van der Waals surface area contributed by atoms with Gasteiger partial charge < -0.3 is 9.32 Å². The summed E-state index contributed by atoms with van der Waals surface area (Å²) >= 11 is 0. The second-order valence-electron chi connectivity index (χ2n) is 5.99. The molecule has 6 heteroatoms. The summed E-state index contributed by atoms with van der Waals surface area (Å²) in [5, 5.41) is 12.1. The van der Waals surface area contributed by atoms with Crippen LogP contribution in [0.3, 0.4) is 0 Å². The molecule has 0 bridgehead atoms. The quantitative estimate of drug-likeness (QED) is 0.519. The molecule has 0 aliphatic heterocycles. The SMILES string of the molecule is Cc1c(C(=O)N(C)[C@@H](C)c2cc3ccccc3o2)cccc1[N+](=O)[O-]. The van der Waals surface area contributed by atoms with E-state index in [0.717, 1.165) is 11.0 Å². The summed E-state index contributed by atoms with van der Waals surface area (Å²) in [6.07, 6.45) is 0. The lowest BCUT2D eigenvalue weighted by Gasteiger charge is -2.24. The van der Waals surface area contributed by atoms with Gasteiger partial charge in [-0.1, -0.05) is 24.3 Å². The van der Waals surface area contributed by atoms with Gasteiger partial charge in [-0.05, 0) is 32.0 Å². The number of nitro groups is 1. The lowest BCUT2D eigenvalue weighted by Crippen LogP contribution is -2.30. The fraction of sp³-hybridized carbons (Fsp3) is 0.211. The van der Waals surface area contributed by atoms with Gasteiger partial charge in [-0.2, -0.15) is 0 Å². The smallest absolute Gasteiger partial charge is 0.273 e. The second kappa shape index (κ2) is 6.39. The Morgan fingerprint density at radius 2 is 1.92 bits per heavy atom. The van der Waals surface area contributed by atoms with Gasteiger partial charge >= 0.3 is 0 Å². The molecule has 0 radical (unpaired) electrons. The van der Waals surface area contributed by atoms with E-state index in [2.05, 4.69) is 0 Å². The van der Waals surface area contributed by atoms with E-state index >= 15 is 0 Å². The van der Waals surface area contributed by atoms with E-state index in [4.69, 9.17) is 4.42 Å². The number of benzene rings is 2. The summed E-state index contributed by atoms with van der Waals surface area (Å²) in [5.74, 6) is 0.384. The van der Waals surface area contributed by atoms with Gasteiger partial charge in [0, 0.05) is 29.6 Å². The maximum absolute atomic E-state index is 12.8. The molecule has 1 atom stereocenters. The zero-order valence-corrected chi connectivity index (χ0v) is 14.2. The molecule has 25 heavy (non-hydrogen) atoms. The lowest BCUT2D eigenvalue weighted by atomic mass is 10.0. The molecule has 1 amide bonds. The number of hydrogen-bond acceptors (Lipinski definition) is 4. The molecule has 3 rings (SSSR count). The van der Waals surface area contributed by atoms with Crippen molar-refractivity contribution in [2.75, 3.05) is 7.05 Å². The van der Waals surface area contributed by atoms with E-state index in [1.54, 1.807) is 20.0 Å². The largest absolute Gasteiger partial charge is 0.459 e. The van der Waals surface area contributed by atoms with Crippen LogP contribution in [0.1, 0.15) is 34.6 Å². The van der Waals surface area contributed by atoms with Gasteiger partial charge in [-0.25, -0.2) is 0 Å². The molecule has 0 saturated heterocycles. The molecule has 2 aromatic carbocycles. The summed E-state index contributed by atoms with van der Waals surface area (Å²) in [6, 6.07) is 13.8. The summed E-state index contributed by atoms with van der Waals surface area (Å²) in [5.41, 5.74) is 1.38. The molecule has 128 valence electrons. The molecule has 1 aromatic heterocycles. The molecule has 0 unspecified atom stereocenters. The van der Waals surface area contributed by atoms with Gasteiger partial charge in [0.2, 0.25) is 0 Å². The van der Waals surface area contributed by atoms with Crippen LogP contribution in [0.25, 0.3) is 11.0 Å². The summed E-state index contributed by atoms with van der Waals surface area (Å²) in [6.45, 7) is 3.45. The highest BCUT2D eigenvalue weighted by atomic mass is 16.6. The van der Waals surface area contributed by atoms with Crippen LogP contribution in [0.4, 0.5) is 5.69 Å². The van der Waals surface area contributed by atoms with Crippen molar-refractivity contribution in [3.8, 4) is 0 Å². The number of hydrogen-bond donors (Lipinski definition) is 0. The van der Waals surface area contributed by atoms with E-state index < -0.39 is 4.92 Å². The Bertz CT molecular complexity index is 928. The maximum atomic E-state index is 12.8. The number of furan rings is 1. The van der Waals surface area contributed by atoms with Crippen LogP contribution >= 0.6 is 0 Å². The van der Waals surface area contributed by atoms with Crippen molar-refractivity contribution in [1.82, 2.24) is 4.90 Å². The van der Waals surface area contributed by atoms with Crippen LogP contribution in [-0.2, 0) is 0 Å². The van der Waals surface area contributed by atoms with Crippen LogP contribution in [0.2, 0.25) is 0 Å². The van der Waals surface area contributed by atoms with Crippen molar-refractivity contribution < 1.29 is 14.1 Å². The van der Waals surface area contributed by atoms with Gasteiger partial charge in [0.05, 0.1) is 11.0 Å². The number of nitrogens with zero attached hydrogens (tertiary/aromatic N) is 2. The van der Waals surface area contributed by atoms with Crippen molar-refractivity contribution in [3.05, 3.63) is 75.5 Å². The molecule has 0 N–H and O–H groups in total. The predicted molar refractivity (Wildman–Crippen MR) is 94.6 cm³/mol. The minimum atomic E-state index is -0.477. The van der Waals surface area contributed by atoms with Gasteiger partial charge in [-0.15, -0.1) is 0 Å². The molecule has 6 nitrogen and oxygen atoms in total. The first-order valence-electron chi connectivity index (χ1n) is 7.89. The number of para-hydroxylation sites is 1. The number of amides is 1. The number of carbonyl (C=O) groups excluding carboxylic acids is 1. The molecule has 0 aliphatic rings. The lowest BCUT2D eigenvalue weighted by molar-refractivity contribution is -0.385. The van der Waals surface area contributed by atoms with Crippen LogP contribution in [0, 0.1) is 17.0 Å². The van der Waals surface area contributed by atoms with Crippen molar-refractivity contribution >= 4 is 22.6 Å². The van der Waals surface area contributed by atoms with Gasteiger partial charge in [0.25, 0.3) is 11.6 Å². The van der Waals surface area contributed by atoms with Gasteiger partial charge in [-0.3, -0.25) is 14.9 Å². The summed E-state index contributed by atoms with van der Waals surface area (Å²) in [7, 11) is 1.67. The van der Waals surface area contributed by atoms with E-state index in [9.17, 15) is 14.9 Å². The monoisotopic (exact) mass is 338 g/mol. The molecule has 0 saturated carbocycles. The van der Waals surface area contributed by atoms with Crippen molar-refractivity contribution in [2.45, 2.75) is 19.9 Å². The second-order valence-corrected chi connectivity index (χ2v) is 5.99. The Morgan fingerprint density at radius 1 is 1.20 bits per heavy atom. The van der Waals surface area contributed by atoms with E-state index in [0.29, 0.717) is 16.9 Å². The molecule has 3 aromatic rings. The molecule has 0 fully saturated rings. The predicted octanol–water partition coefficient (Wildman–Crippen LogP) is 4.48. The molecule has 0 aliphatic carbocycles.